The van der Waals surface area contributed by atoms with Crippen LogP contribution in [0.1, 0.15) is 48.0 Å². The van der Waals surface area contributed by atoms with Gasteiger partial charge in [-0.3, -0.25) is 4.79 Å². The summed E-state index contributed by atoms with van der Waals surface area (Å²) in [4.78, 5) is 20.1. The van der Waals surface area contributed by atoms with E-state index in [1.54, 1.807) is 23.9 Å². The van der Waals surface area contributed by atoms with Crippen molar-refractivity contribution in [2.45, 2.75) is 44.4 Å². The van der Waals surface area contributed by atoms with Crippen molar-refractivity contribution in [3.8, 4) is 10.7 Å². The third-order valence-electron chi connectivity index (χ3n) is 4.69. The smallest absolute Gasteiger partial charge is 0.265 e. The van der Waals surface area contributed by atoms with Gasteiger partial charge in [-0.25, -0.2) is 18.1 Å². The van der Waals surface area contributed by atoms with E-state index in [4.69, 9.17) is 0 Å². The molecule has 0 aromatic carbocycles. The van der Waals surface area contributed by atoms with Crippen LogP contribution >= 0.6 is 11.3 Å². The molecule has 0 spiro atoms. The van der Waals surface area contributed by atoms with E-state index in [0.29, 0.717) is 27.8 Å². The lowest BCUT2D eigenvalue weighted by Crippen LogP contribution is -2.35. The summed E-state index contributed by atoms with van der Waals surface area (Å²) in [5.41, 5.74) is 1.39. The Kier molecular flexibility index (Phi) is 6.02. The summed E-state index contributed by atoms with van der Waals surface area (Å²) >= 11 is 1.33. The standard InChI is InChI=1S/C18H26N4O3S2/c1-4-8-19-27(24,25)14-11-15(21(3)12-14)17-20-13(2)16(26-17)18(23)22-9-6-5-7-10-22/h11-12,19H,4-10H2,1-3H3. The largest absolute Gasteiger partial charge is 0.347 e. The van der Waals surface area contributed by atoms with Crippen molar-refractivity contribution in [2.75, 3.05) is 19.6 Å². The third kappa shape index (κ3) is 4.25. The zero-order valence-electron chi connectivity index (χ0n) is 16.0. The molecule has 1 amide bonds. The van der Waals surface area contributed by atoms with Gasteiger partial charge in [-0.1, -0.05) is 6.92 Å². The minimum Gasteiger partial charge on any atom is -0.347 e. The number of amides is 1. The number of rotatable bonds is 6. The summed E-state index contributed by atoms with van der Waals surface area (Å²) in [6, 6.07) is 1.62. The van der Waals surface area contributed by atoms with Crippen LogP contribution in [0.4, 0.5) is 0 Å². The Morgan fingerprint density at radius 1 is 1.30 bits per heavy atom. The average molecular weight is 411 g/mol. The number of likely N-dealkylation sites (tertiary alicyclic amines) is 1. The van der Waals surface area contributed by atoms with Crippen molar-refractivity contribution >= 4 is 27.3 Å². The molecule has 0 unspecified atom stereocenters. The van der Waals surface area contributed by atoms with Crippen molar-refractivity contribution in [1.29, 1.82) is 0 Å². The van der Waals surface area contributed by atoms with Gasteiger partial charge in [0.2, 0.25) is 10.0 Å². The van der Waals surface area contributed by atoms with Crippen LogP contribution in [-0.4, -0.2) is 48.4 Å². The lowest BCUT2D eigenvalue weighted by atomic mass is 10.1. The van der Waals surface area contributed by atoms with Gasteiger partial charge >= 0.3 is 0 Å². The number of aromatic nitrogens is 2. The lowest BCUT2D eigenvalue weighted by molar-refractivity contribution is 0.0728. The molecular weight excluding hydrogens is 384 g/mol. The maximum absolute atomic E-state index is 12.8. The maximum Gasteiger partial charge on any atom is 0.265 e. The van der Waals surface area contributed by atoms with Gasteiger partial charge in [-0.05, 0) is 38.7 Å². The fraction of sp³-hybridized carbons (Fsp3) is 0.556. The van der Waals surface area contributed by atoms with Gasteiger partial charge in [0.25, 0.3) is 5.91 Å². The Morgan fingerprint density at radius 3 is 2.67 bits per heavy atom. The second-order valence-electron chi connectivity index (χ2n) is 6.86. The summed E-state index contributed by atoms with van der Waals surface area (Å²) in [5, 5.41) is 0.660. The molecule has 148 valence electrons. The molecule has 1 aliphatic rings. The van der Waals surface area contributed by atoms with Crippen molar-refractivity contribution < 1.29 is 13.2 Å². The predicted octanol–water partition coefficient (Wildman–Crippen LogP) is 2.77. The number of carbonyl (C=O) groups is 1. The molecule has 3 rings (SSSR count). The molecule has 3 heterocycles. The molecular formula is C18H26N4O3S2. The van der Waals surface area contributed by atoms with E-state index in [0.717, 1.165) is 32.4 Å². The van der Waals surface area contributed by atoms with Gasteiger partial charge in [0.15, 0.2) is 0 Å². The molecule has 1 N–H and O–H groups in total. The number of thiazole rings is 1. The van der Waals surface area contributed by atoms with E-state index in [2.05, 4.69) is 9.71 Å². The van der Waals surface area contributed by atoms with Gasteiger partial charge < -0.3 is 9.47 Å². The Bertz CT molecular complexity index is 925. The van der Waals surface area contributed by atoms with E-state index >= 15 is 0 Å². The minimum absolute atomic E-state index is 0.0302. The van der Waals surface area contributed by atoms with E-state index in [9.17, 15) is 13.2 Å². The van der Waals surface area contributed by atoms with Crippen molar-refractivity contribution in [2.24, 2.45) is 7.05 Å². The average Bonchev–Trinajstić information content (AvgIpc) is 3.23. The van der Waals surface area contributed by atoms with Crippen LogP contribution in [0.2, 0.25) is 0 Å². The molecule has 9 heteroatoms. The van der Waals surface area contributed by atoms with Crippen LogP contribution in [0.3, 0.4) is 0 Å². The zero-order chi connectivity index (χ0) is 19.6. The Morgan fingerprint density at radius 2 is 2.00 bits per heavy atom. The molecule has 0 radical (unpaired) electrons. The first-order valence-electron chi connectivity index (χ1n) is 9.26. The molecule has 0 atom stereocenters. The van der Waals surface area contributed by atoms with Crippen molar-refractivity contribution in [3.63, 3.8) is 0 Å². The second-order valence-corrected chi connectivity index (χ2v) is 9.62. The lowest BCUT2D eigenvalue weighted by Gasteiger charge is -2.26. The predicted molar refractivity (Wildman–Crippen MR) is 106 cm³/mol. The number of nitrogens with one attached hydrogen (secondary N) is 1. The molecule has 1 fully saturated rings. The topological polar surface area (TPSA) is 84.3 Å². The fourth-order valence-electron chi connectivity index (χ4n) is 3.16. The first-order valence-corrected chi connectivity index (χ1v) is 11.6. The highest BCUT2D eigenvalue weighted by molar-refractivity contribution is 7.89. The third-order valence-corrected chi connectivity index (χ3v) is 7.28. The highest BCUT2D eigenvalue weighted by Crippen LogP contribution is 2.31. The molecule has 1 aliphatic heterocycles. The number of hydrogen-bond acceptors (Lipinski definition) is 5. The number of aryl methyl sites for hydroxylation is 2. The first-order chi connectivity index (χ1) is 12.8. The van der Waals surface area contributed by atoms with E-state index < -0.39 is 10.0 Å². The summed E-state index contributed by atoms with van der Waals surface area (Å²) < 4.78 is 29.1. The number of carbonyl (C=O) groups excluding carboxylic acids is 1. The highest BCUT2D eigenvalue weighted by Gasteiger charge is 2.25. The normalized spacial score (nSPS) is 15.3. The van der Waals surface area contributed by atoms with Gasteiger partial charge in [0.1, 0.15) is 14.8 Å². The summed E-state index contributed by atoms with van der Waals surface area (Å²) in [6.45, 7) is 5.73. The quantitative estimate of drug-likeness (QED) is 0.794. The van der Waals surface area contributed by atoms with Gasteiger partial charge in [-0.2, -0.15) is 0 Å². The zero-order valence-corrected chi connectivity index (χ0v) is 17.6. The van der Waals surface area contributed by atoms with Gasteiger partial charge in [0.05, 0.1) is 11.4 Å². The molecule has 1 saturated heterocycles. The SMILES string of the molecule is CCCNS(=O)(=O)c1cc(-c2nc(C)c(C(=O)N3CCCCC3)s2)n(C)c1. The monoisotopic (exact) mass is 410 g/mol. The van der Waals surface area contributed by atoms with E-state index in [-0.39, 0.29) is 10.8 Å². The Hall–Kier alpha value is -1.71. The summed E-state index contributed by atoms with van der Waals surface area (Å²) in [7, 11) is -1.75. The van der Waals surface area contributed by atoms with Crippen molar-refractivity contribution in [3.05, 3.63) is 22.8 Å². The molecule has 2 aromatic heterocycles. The van der Waals surface area contributed by atoms with Crippen LogP contribution in [0, 0.1) is 6.92 Å². The van der Waals surface area contributed by atoms with Gasteiger partial charge in [0, 0.05) is 32.9 Å². The maximum atomic E-state index is 12.8. The summed E-state index contributed by atoms with van der Waals surface area (Å²) in [5.74, 6) is 0.0302. The van der Waals surface area contributed by atoms with E-state index in [1.165, 1.54) is 17.8 Å². The minimum atomic E-state index is -3.54. The number of nitrogens with zero attached hydrogens (tertiary/aromatic N) is 3. The van der Waals surface area contributed by atoms with Crippen LogP contribution in [-0.2, 0) is 17.1 Å². The number of piperidine rings is 1. The molecule has 27 heavy (non-hydrogen) atoms. The molecule has 0 bridgehead atoms. The second kappa shape index (κ2) is 8.12. The molecule has 2 aromatic rings. The Labute approximate surface area is 164 Å². The van der Waals surface area contributed by atoms with Crippen molar-refractivity contribution in [1.82, 2.24) is 19.2 Å². The summed E-state index contributed by atoms with van der Waals surface area (Å²) in [6.07, 6.45) is 5.56. The van der Waals surface area contributed by atoms with Crippen LogP contribution < -0.4 is 4.72 Å². The highest BCUT2D eigenvalue weighted by atomic mass is 32.2. The van der Waals surface area contributed by atoms with Crippen LogP contribution in [0.25, 0.3) is 10.7 Å². The molecule has 0 saturated carbocycles. The fourth-order valence-corrected chi connectivity index (χ4v) is 5.45. The first kappa shape index (κ1) is 20.0. The number of hydrogen-bond donors (Lipinski definition) is 1. The number of sulfonamides is 1. The molecule has 0 aliphatic carbocycles. The Balaban J connectivity index is 1.88. The van der Waals surface area contributed by atoms with Crippen LogP contribution in [0.5, 0.6) is 0 Å². The molecule has 7 nitrogen and oxygen atoms in total. The van der Waals surface area contributed by atoms with Gasteiger partial charge in [-0.15, -0.1) is 11.3 Å². The van der Waals surface area contributed by atoms with Crippen LogP contribution in [0.15, 0.2) is 17.2 Å². The van der Waals surface area contributed by atoms with E-state index in [1.807, 2.05) is 18.7 Å².